The Labute approximate surface area is 155 Å². The molecule has 0 bridgehead atoms. The van der Waals surface area contributed by atoms with Crippen LogP contribution in [0.15, 0.2) is 54.1 Å². The Bertz CT molecular complexity index is 777. The molecule has 0 aromatic heterocycles. The maximum Gasteiger partial charge on any atom is 0.345 e. The van der Waals surface area contributed by atoms with Gasteiger partial charge in [0.15, 0.2) is 0 Å². The van der Waals surface area contributed by atoms with Gasteiger partial charge in [0.1, 0.15) is 6.04 Å². The van der Waals surface area contributed by atoms with Gasteiger partial charge in [-0.15, -0.1) is 0 Å². The van der Waals surface area contributed by atoms with Crippen molar-refractivity contribution in [3.05, 3.63) is 69.8 Å². The van der Waals surface area contributed by atoms with E-state index in [2.05, 4.69) is 5.32 Å². The molecule has 1 unspecified atom stereocenters. The quantitative estimate of drug-likeness (QED) is 0.290. The van der Waals surface area contributed by atoms with Crippen molar-refractivity contribution in [3.63, 3.8) is 0 Å². The fourth-order valence-corrected chi connectivity index (χ4v) is 2.62. The second-order valence-corrected chi connectivity index (χ2v) is 6.35. The number of carbonyl (C=O) groups is 2. The number of hydrogen-bond donors (Lipinski definition) is 4. The van der Waals surface area contributed by atoms with Crippen LogP contribution in [0.25, 0.3) is 0 Å². The van der Waals surface area contributed by atoms with Crippen molar-refractivity contribution >= 4 is 11.9 Å². The van der Waals surface area contributed by atoms with Gasteiger partial charge < -0.3 is 21.3 Å². The molecular formula is C18H21N3O6. The molecule has 0 aliphatic heterocycles. The fourth-order valence-electron chi connectivity index (χ4n) is 2.62. The smallest absolute Gasteiger partial charge is 0.345 e. The number of nitrogens with two attached hydrogens (primary N) is 1. The van der Waals surface area contributed by atoms with Crippen molar-refractivity contribution in [2.24, 2.45) is 5.73 Å². The maximum absolute atomic E-state index is 12.2. The molecule has 0 heterocycles. The first-order chi connectivity index (χ1) is 12.7. The molecule has 9 heteroatoms. The Balaban J connectivity index is 1.97. The van der Waals surface area contributed by atoms with Gasteiger partial charge in [-0.05, 0) is 17.6 Å². The second-order valence-electron chi connectivity index (χ2n) is 6.35. The summed E-state index contributed by atoms with van der Waals surface area (Å²) in [6, 6.07) is 6.94. The number of nitrogens with one attached hydrogen (secondary N) is 1. The molecule has 2 rings (SSSR count). The van der Waals surface area contributed by atoms with E-state index in [0.29, 0.717) is 5.57 Å². The zero-order chi connectivity index (χ0) is 20.0. The number of aliphatic carboxylic acids is 1. The van der Waals surface area contributed by atoms with Gasteiger partial charge in [0.25, 0.3) is 0 Å². The number of carbonyl (C=O) groups excluding carboxylic acids is 1. The van der Waals surface area contributed by atoms with E-state index in [0.717, 1.165) is 11.6 Å². The van der Waals surface area contributed by atoms with E-state index in [-0.39, 0.29) is 19.3 Å². The van der Waals surface area contributed by atoms with Crippen LogP contribution in [-0.2, 0) is 16.0 Å². The van der Waals surface area contributed by atoms with Crippen molar-refractivity contribution in [2.45, 2.75) is 37.1 Å². The van der Waals surface area contributed by atoms with E-state index in [1.54, 1.807) is 0 Å². The van der Waals surface area contributed by atoms with E-state index in [9.17, 15) is 29.9 Å². The van der Waals surface area contributed by atoms with Gasteiger partial charge in [-0.2, -0.15) is 0 Å². The summed E-state index contributed by atoms with van der Waals surface area (Å²) in [6.07, 6.45) is 3.58. The predicted octanol–water partition coefficient (Wildman–Crippen LogP) is 0.367. The van der Waals surface area contributed by atoms with E-state index in [4.69, 9.17) is 5.73 Å². The SMILES string of the molecule is N[C@@H](Cc1ccccc1)C(=O)N[C@@H](CC1=CCC(O)([N+](=O)[O-])C=C1)C(=O)O. The molecule has 0 saturated carbocycles. The molecule has 9 nitrogen and oxygen atoms in total. The number of aliphatic hydroxyl groups is 1. The van der Waals surface area contributed by atoms with Crippen LogP contribution in [-0.4, -0.2) is 44.8 Å². The summed E-state index contributed by atoms with van der Waals surface area (Å²) >= 11 is 0. The third-order valence-electron chi connectivity index (χ3n) is 4.23. The molecule has 27 heavy (non-hydrogen) atoms. The lowest BCUT2D eigenvalue weighted by atomic mass is 9.95. The van der Waals surface area contributed by atoms with Crippen LogP contribution >= 0.6 is 0 Å². The van der Waals surface area contributed by atoms with Crippen LogP contribution in [0, 0.1) is 10.1 Å². The topological polar surface area (TPSA) is 156 Å². The largest absolute Gasteiger partial charge is 0.480 e. The first-order valence-corrected chi connectivity index (χ1v) is 8.29. The lowest BCUT2D eigenvalue weighted by molar-refractivity contribution is -0.607. The van der Waals surface area contributed by atoms with E-state index in [1.165, 1.54) is 12.2 Å². The summed E-state index contributed by atoms with van der Waals surface area (Å²) < 4.78 is 0. The highest BCUT2D eigenvalue weighted by molar-refractivity contribution is 5.87. The van der Waals surface area contributed by atoms with E-state index < -0.39 is 34.6 Å². The van der Waals surface area contributed by atoms with Crippen LogP contribution in [0.1, 0.15) is 18.4 Å². The van der Waals surface area contributed by atoms with Crippen molar-refractivity contribution in [3.8, 4) is 0 Å². The number of benzene rings is 1. The number of nitrogens with zero attached hydrogens (tertiary/aromatic N) is 1. The standard InChI is InChI=1S/C18H21N3O6/c19-14(10-12-4-2-1-3-5-12)16(22)20-15(17(23)24)11-13-6-8-18(25,9-7-13)21(26)27/h1-8,14-15,25H,9-11,19H2,(H,20,22)(H,23,24)/t14-,15-,18?/m0/s1. The third-order valence-corrected chi connectivity index (χ3v) is 4.23. The summed E-state index contributed by atoms with van der Waals surface area (Å²) in [5.74, 6) is -1.85. The van der Waals surface area contributed by atoms with Gasteiger partial charge in [-0.3, -0.25) is 14.9 Å². The molecule has 1 amide bonds. The molecule has 144 valence electrons. The van der Waals surface area contributed by atoms with Gasteiger partial charge in [0.2, 0.25) is 5.91 Å². The average Bonchev–Trinajstić information content (AvgIpc) is 2.63. The van der Waals surface area contributed by atoms with Crippen LogP contribution in [0.3, 0.4) is 0 Å². The summed E-state index contributed by atoms with van der Waals surface area (Å²) in [5, 5.41) is 32.3. The molecule has 5 N–H and O–H groups in total. The highest BCUT2D eigenvalue weighted by Gasteiger charge is 2.38. The molecule has 0 radical (unpaired) electrons. The van der Waals surface area contributed by atoms with Gasteiger partial charge in [-0.1, -0.05) is 42.5 Å². The first kappa shape index (κ1) is 20.3. The van der Waals surface area contributed by atoms with Gasteiger partial charge in [0.05, 0.1) is 17.4 Å². The monoisotopic (exact) mass is 375 g/mol. The van der Waals surface area contributed by atoms with Crippen LogP contribution < -0.4 is 11.1 Å². The number of rotatable bonds is 8. The third kappa shape index (κ3) is 5.47. The molecule has 0 spiro atoms. The van der Waals surface area contributed by atoms with Gasteiger partial charge >= 0.3 is 11.7 Å². The lowest BCUT2D eigenvalue weighted by Crippen LogP contribution is -2.49. The summed E-state index contributed by atoms with van der Waals surface area (Å²) in [7, 11) is 0. The number of carboxylic acids is 1. The first-order valence-electron chi connectivity index (χ1n) is 8.29. The number of hydrogen-bond acceptors (Lipinski definition) is 6. The molecule has 1 aromatic rings. The molecule has 0 saturated heterocycles. The number of carboxylic acid groups (broad SMARTS) is 1. The highest BCUT2D eigenvalue weighted by Crippen LogP contribution is 2.23. The van der Waals surface area contributed by atoms with Crippen molar-refractivity contribution in [1.29, 1.82) is 0 Å². The van der Waals surface area contributed by atoms with E-state index in [1.807, 2.05) is 30.3 Å². The van der Waals surface area contributed by atoms with Crippen molar-refractivity contribution in [1.82, 2.24) is 5.32 Å². The minimum absolute atomic E-state index is 0.0799. The zero-order valence-corrected chi connectivity index (χ0v) is 14.4. The summed E-state index contributed by atoms with van der Waals surface area (Å²) in [5.41, 5.74) is 4.98. The maximum atomic E-state index is 12.2. The lowest BCUT2D eigenvalue weighted by Gasteiger charge is -2.21. The molecule has 1 aliphatic rings. The van der Waals surface area contributed by atoms with Crippen molar-refractivity contribution < 1.29 is 24.7 Å². The fraction of sp³-hybridized carbons (Fsp3) is 0.333. The minimum atomic E-state index is -2.19. The number of nitro groups is 1. The molecule has 1 aromatic carbocycles. The second kappa shape index (κ2) is 8.56. The number of amides is 1. The van der Waals surface area contributed by atoms with Crippen molar-refractivity contribution in [2.75, 3.05) is 0 Å². The zero-order valence-electron chi connectivity index (χ0n) is 14.4. The van der Waals surface area contributed by atoms with Crippen LogP contribution in [0.4, 0.5) is 0 Å². The Morgan fingerprint density at radius 3 is 2.48 bits per heavy atom. The molecule has 1 aliphatic carbocycles. The molecule has 0 fully saturated rings. The van der Waals surface area contributed by atoms with Gasteiger partial charge in [0, 0.05) is 12.5 Å². The highest BCUT2D eigenvalue weighted by atomic mass is 16.7. The minimum Gasteiger partial charge on any atom is -0.480 e. The van der Waals surface area contributed by atoms with E-state index >= 15 is 0 Å². The molecular weight excluding hydrogens is 354 g/mol. The predicted molar refractivity (Wildman–Crippen MR) is 96.1 cm³/mol. The van der Waals surface area contributed by atoms with Gasteiger partial charge in [-0.25, -0.2) is 4.79 Å². The number of allylic oxidation sites excluding steroid dienone is 1. The summed E-state index contributed by atoms with van der Waals surface area (Å²) in [6.45, 7) is 0. The molecule has 3 atom stereocenters. The van der Waals surface area contributed by atoms with Crippen LogP contribution in [0.5, 0.6) is 0 Å². The summed E-state index contributed by atoms with van der Waals surface area (Å²) in [4.78, 5) is 33.7. The Hall–Kier alpha value is -3.04. The Kier molecular flexibility index (Phi) is 6.43. The Morgan fingerprint density at radius 1 is 1.30 bits per heavy atom. The van der Waals surface area contributed by atoms with Crippen LogP contribution in [0.2, 0.25) is 0 Å². The average molecular weight is 375 g/mol. The normalized spacial score (nSPS) is 21.0. The Morgan fingerprint density at radius 2 is 1.96 bits per heavy atom.